The van der Waals surface area contributed by atoms with E-state index in [-0.39, 0.29) is 28.6 Å². The van der Waals surface area contributed by atoms with E-state index in [1.807, 2.05) is 0 Å². The van der Waals surface area contributed by atoms with E-state index >= 15 is 0 Å². The molecule has 6 nitrogen and oxygen atoms in total. The highest BCUT2D eigenvalue weighted by Crippen LogP contribution is 2.37. The van der Waals surface area contributed by atoms with E-state index < -0.39 is 35.0 Å². The van der Waals surface area contributed by atoms with Crippen LogP contribution in [0.4, 0.5) is 24.5 Å². The van der Waals surface area contributed by atoms with Gasteiger partial charge in [-0.25, -0.2) is 0 Å². The van der Waals surface area contributed by atoms with Crippen LogP contribution in [0.15, 0.2) is 77.7 Å². The summed E-state index contributed by atoms with van der Waals surface area (Å²) >= 11 is 7.19. The minimum Gasteiger partial charge on any atom is -0.447 e. The maximum absolute atomic E-state index is 13.1. The molecule has 4 rings (SSSR count). The normalized spacial score (nSPS) is 15.9. The molecule has 0 aromatic heterocycles. The van der Waals surface area contributed by atoms with Crippen LogP contribution in [0.1, 0.15) is 23.7 Å². The third kappa shape index (κ3) is 6.00. The second-order valence-corrected chi connectivity index (χ2v) is 9.41. The van der Waals surface area contributed by atoms with Crippen LogP contribution in [-0.2, 0) is 25.3 Å². The third-order valence-electron chi connectivity index (χ3n) is 5.20. The van der Waals surface area contributed by atoms with Crippen molar-refractivity contribution in [2.45, 2.75) is 28.8 Å². The Balaban J connectivity index is 1.52. The molecule has 2 N–H and O–H groups in total. The Morgan fingerprint density at radius 2 is 1.75 bits per heavy atom. The molecule has 3 aromatic rings. The lowest BCUT2D eigenvalue weighted by Gasteiger charge is -2.24. The molecule has 2 amide bonds. The topological polar surface area (TPSA) is 84.5 Å². The first-order chi connectivity index (χ1) is 17.1. The van der Waals surface area contributed by atoms with E-state index in [1.165, 1.54) is 23.9 Å². The number of nitrogens with one attached hydrogen (secondary N) is 2. The SMILES string of the molecule is O=C(C[C@@H]1Sc2ccccc2NC1=O)O[C@H](C(=O)Nc1cc(C(F)(F)F)ccc1Cl)c1ccccc1. The minimum absolute atomic E-state index is 0.122. The molecule has 1 aliphatic heterocycles. The molecule has 0 fully saturated rings. The summed E-state index contributed by atoms with van der Waals surface area (Å²) < 4.78 is 44.8. The third-order valence-corrected chi connectivity index (χ3v) is 6.80. The van der Waals surface area contributed by atoms with E-state index in [1.54, 1.807) is 42.5 Å². The largest absolute Gasteiger partial charge is 0.447 e. The molecule has 0 unspecified atom stereocenters. The molecule has 0 aliphatic carbocycles. The summed E-state index contributed by atoms with van der Waals surface area (Å²) in [4.78, 5) is 39.1. The maximum Gasteiger partial charge on any atom is 0.416 e. The van der Waals surface area contributed by atoms with Gasteiger partial charge in [0.1, 0.15) is 0 Å². The number of anilines is 2. The van der Waals surface area contributed by atoms with Crippen molar-refractivity contribution in [3.8, 4) is 0 Å². The van der Waals surface area contributed by atoms with Gasteiger partial charge in [-0.15, -0.1) is 11.8 Å². The summed E-state index contributed by atoms with van der Waals surface area (Å²) in [5.74, 6) is -2.12. The monoisotopic (exact) mass is 534 g/mol. The van der Waals surface area contributed by atoms with Crippen molar-refractivity contribution < 1.29 is 32.3 Å². The average molecular weight is 535 g/mol. The predicted molar refractivity (Wildman–Crippen MR) is 130 cm³/mol. The standard InChI is InChI=1S/C25H18ClF3N2O4S/c26-16-11-10-15(25(27,28)29)12-18(16)31-24(34)22(14-6-2-1-3-7-14)35-21(32)13-20-23(33)30-17-8-4-5-9-19(17)36-20/h1-12,20,22H,13H2,(H,30,33)(H,31,34)/t20-,22-/m0/s1. The molecule has 0 spiro atoms. The zero-order valence-electron chi connectivity index (χ0n) is 18.3. The van der Waals surface area contributed by atoms with Gasteiger partial charge in [0.25, 0.3) is 5.91 Å². The first-order valence-corrected chi connectivity index (χ1v) is 11.9. The number of hydrogen-bond donors (Lipinski definition) is 2. The van der Waals surface area contributed by atoms with Gasteiger partial charge in [0.15, 0.2) is 0 Å². The Labute approximate surface area is 213 Å². The van der Waals surface area contributed by atoms with Crippen LogP contribution in [0.2, 0.25) is 5.02 Å². The Hall–Kier alpha value is -3.50. The highest BCUT2D eigenvalue weighted by molar-refractivity contribution is 8.01. The van der Waals surface area contributed by atoms with Gasteiger partial charge >= 0.3 is 12.1 Å². The maximum atomic E-state index is 13.1. The molecule has 0 bridgehead atoms. The van der Waals surface area contributed by atoms with Gasteiger partial charge < -0.3 is 15.4 Å². The van der Waals surface area contributed by atoms with Crippen LogP contribution in [0.3, 0.4) is 0 Å². The van der Waals surface area contributed by atoms with Crippen molar-refractivity contribution in [1.82, 2.24) is 0 Å². The number of thioether (sulfide) groups is 1. The summed E-state index contributed by atoms with van der Waals surface area (Å²) in [6.45, 7) is 0. The Kier molecular flexibility index (Phi) is 7.56. The van der Waals surface area contributed by atoms with Crippen molar-refractivity contribution in [2.24, 2.45) is 0 Å². The molecule has 2 atom stereocenters. The number of alkyl halides is 3. The number of rotatable bonds is 6. The van der Waals surface area contributed by atoms with Gasteiger partial charge in [-0.2, -0.15) is 13.2 Å². The second-order valence-electron chi connectivity index (χ2n) is 7.76. The van der Waals surface area contributed by atoms with Gasteiger partial charge in [-0.3, -0.25) is 14.4 Å². The number of benzene rings is 3. The van der Waals surface area contributed by atoms with E-state index in [0.29, 0.717) is 11.8 Å². The predicted octanol–water partition coefficient (Wildman–Crippen LogP) is 6.08. The number of carbonyl (C=O) groups excluding carboxylic acids is 3. The number of ether oxygens (including phenoxy) is 1. The molecule has 3 aromatic carbocycles. The molecule has 186 valence electrons. The summed E-state index contributed by atoms with van der Waals surface area (Å²) in [6, 6.07) is 17.6. The number of carbonyl (C=O) groups is 3. The summed E-state index contributed by atoms with van der Waals surface area (Å²) in [5.41, 5.74) is -0.363. The second kappa shape index (κ2) is 10.6. The number of halogens is 4. The van der Waals surface area contributed by atoms with Gasteiger partial charge in [0, 0.05) is 10.5 Å². The van der Waals surface area contributed by atoms with E-state index in [2.05, 4.69) is 10.6 Å². The molecule has 36 heavy (non-hydrogen) atoms. The van der Waals surface area contributed by atoms with Crippen molar-refractivity contribution in [1.29, 1.82) is 0 Å². The van der Waals surface area contributed by atoms with Crippen LogP contribution < -0.4 is 10.6 Å². The Bertz CT molecular complexity index is 1300. The minimum atomic E-state index is -4.65. The number of fused-ring (bicyclic) bond motifs is 1. The summed E-state index contributed by atoms with van der Waals surface area (Å²) in [7, 11) is 0. The number of hydrogen-bond acceptors (Lipinski definition) is 5. The van der Waals surface area contributed by atoms with E-state index in [4.69, 9.17) is 16.3 Å². The molecule has 0 saturated heterocycles. The Morgan fingerprint density at radius 3 is 2.47 bits per heavy atom. The molecule has 11 heteroatoms. The molecule has 1 heterocycles. The lowest BCUT2D eigenvalue weighted by molar-refractivity contribution is -0.155. The molecule has 0 saturated carbocycles. The fraction of sp³-hybridized carbons (Fsp3) is 0.160. The van der Waals surface area contributed by atoms with Crippen LogP contribution in [0.5, 0.6) is 0 Å². The van der Waals surface area contributed by atoms with E-state index in [0.717, 1.165) is 17.0 Å². The summed E-state index contributed by atoms with van der Waals surface area (Å²) in [5, 5.41) is 4.14. The highest BCUT2D eigenvalue weighted by Gasteiger charge is 2.34. The Morgan fingerprint density at radius 1 is 1.06 bits per heavy atom. The zero-order valence-corrected chi connectivity index (χ0v) is 19.9. The zero-order chi connectivity index (χ0) is 25.9. The van der Waals surface area contributed by atoms with E-state index in [9.17, 15) is 27.6 Å². The molecule has 0 radical (unpaired) electrons. The number of amides is 2. The van der Waals surface area contributed by atoms with Gasteiger partial charge in [0.2, 0.25) is 12.0 Å². The van der Waals surface area contributed by atoms with Crippen molar-refractivity contribution in [2.75, 3.05) is 10.6 Å². The van der Waals surface area contributed by atoms with Crippen molar-refractivity contribution in [3.63, 3.8) is 0 Å². The average Bonchev–Trinajstić information content (AvgIpc) is 2.84. The van der Waals surface area contributed by atoms with Crippen LogP contribution >= 0.6 is 23.4 Å². The van der Waals surface area contributed by atoms with Gasteiger partial charge in [-0.05, 0) is 30.3 Å². The molecule has 1 aliphatic rings. The van der Waals surface area contributed by atoms with Crippen LogP contribution in [0, 0.1) is 0 Å². The smallest absolute Gasteiger partial charge is 0.416 e. The fourth-order valence-corrected chi connectivity index (χ4v) is 4.71. The lowest BCUT2D eigenvalue weighted by Crippen LogP contribution is -2.33. The number of esters is 1. The number of para-hydroxylation sites is 1. The van der Waals surface area contributed by atoms with Gasteiger partial charge in [0.05, 0.1) is 33.6 Å². The van der Waals surface area contributed by atoms with Crippen molar-refractivity contribution in [3.05, 3.63) is 88.9 Å². The highest BCUT2D eigenvalue weighted by atomic mass is 35.5. The summed E-state index contributed by atoms with van der Waals surface area (Å²) in [6.07, 6.45) is -6.47. The van der Waals surface area contributed by atoms with Crippen molar-refractivity contribution >= 4 is 52.5 Å². The first kappa shape index (κ1) is 25.6. The van der Waals surface area contributed by atoms with Crippen LogP contribution in [-0.4, -0.2) is 23.0 Å². The molecular weight excluding hydrogens is 517 g/mol. The van der Waals surface area contributed by atoms with Gasteiger partial charge in [-0.1, -0.05) is 54.1 Å². The fourth-order valence-electron chi connectivity index (χ4n) is 3.45. The quantitative estimate of drug-likeness (QED) is 0.374. The first-order valence-electron chi connectivity index (χ1n) is 10.6. The van der Waals surface area contributed by atoms with Crippen LogP contribution in [0.25, 0.3) is 0 Å². The lowest BCUT2D eigenvalue weighted by atomic mass is 10.1. The molecular formula is C25H18ClF3N2O4S.